The lowest BCUT2D eigenvalue weighted by Crippen LogP contribution is -2.54. The minimum atomic E-state index is -4.66. The van der Waals surface area contributed by atoms with Crippen LogP contribution >= 0.6 is 34.8 Å². The first-order chi connectivity index (χ1) is 22.8. The Morgan fingerprint density at radius 1 is 1.02 bits per heavy atom. The van der Waals surface area contributed by atoms with Crippen LogP contribution in [0.4, 0.5) is 11.4 Å². The minimum absolute atomic E-state index is 0.0350. The highest BCUT2D eigenvalue weighted by molar-refractivity contribution is 7.92. The van der Waals surface area contributed by atoms with Gasteiger partial charge < -0.3 is 15.0 Å². The maximum Gasteiger partial charge on any atom is 0.273 e. The Kier molecular flexibility index (Phi) is 12.6. The van der Waals surface area contributed by atoms with E-state index in [4.69, 9.17) is 39.5 Å². The Balaban J connectivity index is 1.81. The first-order valence-corrected chi connectivity index (χ1v) is 18.0. The quantitative estimate of drug-likeness (QED) is 0.143. The third-order valence-corrected chi connectivity index (χ3v) is 11.1. The smallest absolute Gasteiger partial charge is 0.273 e. The van der Waals surface area contributed by atoms with Crippen molar-refractivity contribution in [3.63, 3.8) is 0 Å². The molecule has 1 aliphatic carbocycles. The van der Waals surface area contributed by atoms with E-state index < -0.39 is 44.0 Å². The summed E-state index contributed by atoms with van der Waals surface area (Å²) in [7, 11) is -3.33. The molecule has 3 aromatic rings. The predicted molar refractivity (Wildman–Crippen MR) is 186 cm³/mol. The molecule has 258 valence electrons. The van der Waals surface area contributed by atoms with Gasteiger partial charge in [0.05, 0.1) is 32.7 Å². The molecular weight excluding hydrogens is 703 g/mol. The lowest BCUT2D eigenvalue weighted by molar-refractivity contribution is -0.385. The van der Waals surface area contributed by atoms with Gasteiger partial charge in [0.15, 0.2) is 0 Å². The number of carbonyl (C=O) groups is 2. The van der Waals surface area contributed by atoms with E-state index in [2.05, 4.69) is 5.32 Å². The fourth-order valence-electron chi connectivity index (χ4n) is 5.74. The fourth-order valence-corrected chi connectivity index (χ4v) is 7.67. The lowest BCUT2D eigenvalue weighted by Gasteiger charge is -2.34. The Bertz CT molecular complexity index is 1780. The van der Waals surface area contributed by atoms with Gasteiger partial charge in [0, 0.05) is 29.2 Å². The number of nitro benzene ring substituents is 1. The van der Waals surface area contributed by atoms with Crippen LogP contribution in [-0.4, -0.2) is 55.8 Å². The Labute approximate surface area is 295 Å². The van der Waals surface area contributed by atoms with Gasteiger partial charge in [0.2, 0.25) is 11.8 Å². The van der Waals surface area contributed by atoms with Crippen molar-refractivity contribution in [1.82, 2.24) is 10.2 Å². The van der Waals surface area contributed by atoms with E-state index in [0.29, 0.717) is 10.6 Å². The second-order valence-electron chi connectivity index (χ2n) is 11.6. The van der Waals surface area contributed by atoms with Crippen molar-refractivity contribution in [2.45, 2.75) is 75.9 Å². The molecule has 1 fully saturated rings. The normalized spacial score (nSPS) is 14.2. The van der Waals surface area contributed by atoms with Crippen molar-refractivity contribution in [2.24, 2.45) is 0 Å². The summed E-state index contributed by atoms with van der Waals surface area (Å²) in [5, 5.41) is 15.5. The SMILES string of the molecule is CC[C@@H](C(=O)NC1CCCCC1)N(Cc1ccc(Cl)c(Cl)c1)C(=O)CN(c1cc(Cl)ccc1OC)S(=O)(=O)c1ccc(C)c([N+](=O)[O-])c1. The van der Waals surface area contributed by atoms with Crippen LogP contribution in [0.3, 0.4) is 0 Å². The number of hydrogen-bond acceptors (Lipinski definition) is 7. The zero-order valence-corrected chi connectivity index (χ0v) is 29.8. The summed E-state index contributed by atoms with van der Waals surface area (Å²) in [6.07, 6.45) is 4.94. The lowest BCUT2D eigenvalue weighted by atomic mass is 9.95. The number of anilines is 1. The van der Waals surface area contributed by atoms with Gasteiger partial charge in [-0.1, -0.05) is 73.1 Å². The maximum atomic E-state index is 14.5. The number of ether oxygens (including phenoxy) is 1. The van der Waals surface area contributed by atoms with E-state index >= 15 is 0 Å². The van der Waals surface area contributed by atoms with Crippen LogP contribution in [0.1, 0.15) is 56.6 Å². The van der Waals surface area contributed by atoms with Crippen LogP contribution in [0.2, 0.25) is 15.1 Å². The average molecular weight is 740 g/mol. The summed E-state index contributed by atoms with van der Waals surface area (Å²) in [4.78, 5) is 40.2. The van der Waals surface area contributed by atoms with E-state index in [1.807, 2.05) is 0 Å². The number of rotatable bonds is 13. The van der Waals surface area contributed by atoms with E-state index in [0.717, 1.165) is 42.5 Å². The highest BCUT2D eigenvalue weighted by Gasteiger charge is 2.36. The van der Waals surface area contributed by atoms with Crippen molar-refractivity contribution >= 4 is 68.0 Å². The third-order valence-electron chi connectivity index (χ3n) is 8.33. The van der Waals surface area contributed by atoms with Gasteiger partial charge in [0.1, 0.15) is 18.3 Å². The van der Waals surface area contributed by atoms with Gasteiger partial charge in [-0.15, -0.1) is 0 Å². The third kappa shape index (κ3) is 8.71. The molecule has 0 unspecified atom stereocenters. The molecule has 0 bridgehead atoms. The van der Waals surface area contributed by atoms with Crippen LogP contribution in [0.15, 0.2) is 59.5 Å². The van der Waals surface area contributed by atoms with E-state index in [1.54, 1.807) is 25.1 Å². The summed E-state index contributed by atoms with van der Waals surface area (Å²) < 4.78 is 35.0. The molecule has 3 aromatic carbocycles. The van der Waals surface area contributed by atoms with E-state index in [-0.39, 0.29) is 52.0 Å². The number of nitro groups is 1. The largest absolute Gasteiger partial charge is 0.495 e. The number of benzene rings is 3. The maximum absolute atomic E-state index is 14.5. The summed E-state index contributed by atoms with van der Waals surface area (Å²) >= 11 is 18.7. The number of methoxy groups -OCH3 is 1. The fraction of sp³-hybridized carbons (Fsp3) is 0.394. The minimum Gasteiger partial charge on any atom is -0.495 e. The number of halogens is 3. The van der Waals surface area contributed by atoms with Crippen LogP contribution in [0.5, 0.6) is 5.75 Å². The second-order valence-corrected chi connectivity index (χ2v) is 14.7. The van der Waals surface area contributed by atoms with Gasteiger partial charge in [-0.05, 0) is 68.1 Å². The molecule has 0 radical (unpaired) electrons. The molecule has 0 aromatic heterocycles. The molecule has 1 atom stereocenters. The molecule has 11 nitrogen and oxygen atoms in total. The van der Waals surface area contributed by atoms with Gasteiger partial charge >= 0.3 is 0 Å². The van der Waals surface area contributed by atoms with E-state index in [9.17, 15) is 28.1 Å². The molecule has 0 saturated heterocycles. The summed E-state index contributed by atoms with van der Waals surface area (Å²) in [6, 6.07) is 11.6. The number of nitrogens with one attached hydrogen (secondary N) is 1. The number of carbonyl (C=O) groups excluding carboxylic acids is 2. The molecule has 0 spiro atoms. The Hall–Kier alpha value is -3.58. The van der Waals surface area contributed by atoms with Crippen molar-refractivity contribution < 1.29 is 27.7 Å². The molecule has 1 N–H and O–H groups in total. The molecule has 2 amide bonds. The molecule has 1 aliphatic rings. The summed E-state index contributed by atoms with van der Waals surface area (Å²) in [5.41, 5.74) is 0.331. The number of amides is 2. The molecule has 0 heterocycles. The number of nitrogens with zero attached hydrogens (tertiary/aromatic N) is 3. The van der Waals surface area contributed by atoms with Crippen molar-refractivity contribution in [3.8, 4) is 5.75 Å². The van der Waals surface area contributed by atoms with E-state index in [1.165, 1.54) is 49.3 Å². The highest BCUT2D eigenvalue weighted by atomic mass is 35.5. The van der Waals surface area contributed by atoms with Gasteiger partial charge in [-0.25, -0.2) is 8.42 Å². The van der Waals surface area contributed by atoms with Crippen molar-refractivity contribution in [1.29, 1.82) is 0 Å². The molecule has 4 rings (SSSR count). The molecule has 0 aliphatic heterocycles. The summed E-state index contributed by atoms with van der Waals surface area (Å²) in [5.74, 6) is -1.00. The van der Waals surface area contributed by atoms with Crippen molar-refractivity contribution in [3.05, 3.63) is 90.9 Å². The van der Waals surface area contributed by atoms with Gasteiger partial charge in [0.25, 0.3) is 15.7 Å². The van der Waals surface area contributed by atoms with Gasteiger partial charge in [-0.3, -0.25) is 24.0 Å². The first-order valence-electron chi connectivity index (χ1n) is 15.4. The van der Waals surface area contributed by atoms with Crippen molar-refractivity contribution in [2.75, 3.05) is 18.0 Å². The Morgan fingerprint density at radius 3 is 2.35 bits per heavy atom. The standard InChI is InChI=1S/C33H37Cl3N4O7S/c1-4-28(33(42)37-24-8-6-5-7-9-24)38(19-22-11-14-26(35)27(36)16-22)32(41)20-39(30-17-23(34)12-15-31(30)47-3)48(45,46)25-13-10-21(2)29(18-25)40(43)44/h10-18,24,28H,4-9,19-20H2,1-3H3,(H,37,42)/t28-/m0/s1. The average Bonchev–Trinajstić information content (AvgIpc) is 3.05. The number of sulfonamides is 1. The zero-order chi connectivity index (χ0) is 35.2. The first kappa shape index (κ1) is 37.2. The summed E-state index contributed by atoms with van der Waals surface area (Å²) in [6.45, 7) is 2.36. The molecule has 1 saturated carbocycles. The second kappa shape index (κ2) is 16.2. The molecular formula is C33H37Cl3N4O7S. The predicted octanol–water partition coefficient (Wildman–Crippen LogP) is 7.32. The van der Waals surface area contributed by atoms with Crippen LogP contribution in [-0.2, 0) is 26.2 Å². The number of aryl methyl sites for hydroxylation is 1. The monoisotopic (exact) mass is 738 g/mol. The van der Waals surface area contributed by atoms with Crippen LogP contribution < -0.4 is 14.4 Å². The Morgan fingerprint density at radius 2 is 1.73 bits per heavy atom. The molecule has 48 heavy (non-hydrogen) atoms. The van der Waals surface area contributed by atoms with Gasteiger partial charge in [-0.2, -0.15) is 0 Å². The highest BCUT2D eigenvalue weighted by Crippen LogP contribution is 2.36. The van der Waals surface area contributed by atoms with Crippen LogP contribution in [0, 0.1) is 17.0 Å². The molecule has 15 heteroatoms. The van der Waals surface area contributed by atoms with Crippen LogP contribution in [0.25, 0.3) is 0 Å². The number of hydrogen-bond donors (Lipinski definition) is 1. The zero-order valence-electron chi connectivity index (χ0n) is 26.7. The topological polar surface area (TPSA) is 139 Å².